The predicted molar refractivity (Wildman–Crippen MR) is 97.3 cm³/mol. The van der Waals surface area contributed by atoms with E-state index in [1.54, 1.807) is 4.68 Å². The van der Waals surface area contributed by atoms with Crippen LogP contribution in [0.1, 0.15) is 48.6 Å². The number of carbonyl (C=O) groups is 1. The van der Waals surface area contributed by atoms with Crippen molar-refractivity contribution in [2.75, 3.05) is 19.6 Å². The monoisotopic (exact) mass is 341 g/mol. The van der Waals surface area contributed by atoms with Crippen molar-refractivity contribution in [3.8, 4) is 0 Å². The summed E-state index contributed by atoms with van der Waals surface area (Å²) in [5, 5.41) is 4.47. The lowest BCUT2D eigenvalue weighted by Crippen LogP contribution is -2.53. The molecule has 1 saturated heterocycles. The Balaban J connectivity index is 1.66. The summed E-state index contributed by atoms with van der Waals surface area (Å²) in [6.45, 7) is 9.58. The zero-order chi connectivity index (χ0) is 18.0. The average Bonchev–Trinajstić information content (AvgIpc) is 2.97. The highest BCUT2D eigenvalue weighted by Gasteiger charge is 2.30. The molecule has 6 heteroatoms. The van der Waals surface area contributed by atoms with Crippen LogP contribution in [0.3, 0.4) is 0 Å². The Hall–Kier alpha value is -2.21. The molecule has 0 saturated carbocycles. The van der Waals surface area contributed by atoms with E-state index in [4.69, 9.17) is 0 Å². The molecule has 1 aliphatic rings. The topological polar surface area (TPSA) is 54.3 Å². The number of pyridine rings is 1. The number of aryl methyl sites for hydroxylation is 1. The van der Waals surface area contributed by atoms with Crippen LogP contribution in [-0.4, -0.2) is 56.1 Å². The van der Waals surface area contributed by atoms with Crippen molar-refractivity contribution in [1.29, 1.82) is 0 Å². The number of rotatable bonds is 4. The molecule has 0 spiro atoms. The minimum absolute atomic E-state index is 0.0758. The molecular weight excluding hydrogens is 314 g/mol. The molecule has 6 nitrogen and oxygen atoms in total. The number of carbonyl (C=O) groups excluding carboxylic acids is 1. The second kappa shape index (κ2) is 7.35. The summed E-state index contributed by atoms with van der Waals surface area (Å²) < 4.78 is 1.71. The van der Waals surface area contributed by atoms with Gasteiger partial charge in [-0.05, 0) is 31.0 Å². The third-order valence-electron chi connectivity index (χ3n) is 4.79. The molecule has 1 amide bonds. The van der Waals surface area contributed by atoms with Crippen LogP contribution < -0.4 is 0 Å². The van der Waals surface area contributed by atoms with Gasteiger partial charge in [-0.25, -0.2) is 0 Å². The van der Waals surface area contributed by atoms with E-state index in [1.807, 2.05) is 42.4 Å². The van der Waals surface area contributed by atoms with Gasteiger partial charge in [0, 0.05) is 45.5 Å². The highest BCUT2D eigenvalue weighted by Crippen LogP contribution is 2.19. The van der Waals surface area contributed by atoms with E-state index < -0.39 is 0 Å². The van der Waals surface area contributed by atoms with Crippen LogP contribution in [0.4, 0.5) is 0 Å². The predicted octanol–water partition coefficient (Wildman–Crippen LogP) is 2.29. The summed E-state index contributed by atoms with van der Waals surface area (Å²) in [6, 6.07) is 8.09. The zero-order valence-electron chi connectivity index (χ0n) is 15.5. The number of amides is 1. The highest BCUT2D eigenvalue weighted by molar-refractivity contribution is 5.93. The van der Waals surface area contributed by atoms with Crippen molar-refractivity contribution in [1.82, 2.24) is 24.6 Å². The molecule has 3 rings (SSSR count). The summed E-state index contributed by atoms with van der Waals surface area (Å²) >= 11 is 0. The number of aromatic nitrogens is 3. The smallest absolute Gasteiger partial charge is 0.272 e. The summed E-state index contributed by atoms with van der Waals surface area (Å²) in [5.74, 6) is 0.396. The van der Waals surface area contributed by atoms with E-state index in [1.165, 1.54) is 0 Å². The summed E-state index contributed by atoms with van der Waals surface area (Å²) in [4.78, 5) is 21.7. The second-order valence-electron chi connectivity index (χ2n) is 7.14. The zero-order valence-corrected chi connectivity index (χ0v) is 15.5. The SMILES string of the molecule is CC(C)c1cc(C(=O)N2CCN(Cc3ccccn3)C[C@@H]2C)n(C)n1. The Bertz CT molecular complexity index is 725. The summed E-state index contributed by atoms with van der Waals surface area (Å²) in [7, 11) is 1.85. The van der Waals surface area contributed by atoms with Gasteiger partial charge >= 0.3 is 0 Å². The molecule has 0 aromatic carbocycles. The normalized spacial score (nSPS) is 18.8. The third kappa shape index (κ3) is 3.90. The van der Waals surface area contributed by atoms with Gasteiger partial charge in [-0.2, -0.15) is 5.10 Å². The van der Waals surface area contributed by atoms with Crippen LogP contribution >= 0.6 is 0 Å². The highest BCUT2D eigenvalue weighted by atomic mass is 16.2. The molecule has 0 unspecified atom stereocenters. The van der Waals surface area contributed by atoms with Crippen molar-refractivity contribution < 1.29 is 4.79 Å². The third-order valence-corrected chi connectivity index (χ3v) is 4.79. The first-order valence-corrected chi connectivity index (χ1v) is 8.93. The fourth-order valence-electron chi connectivity index (χ4n) is 3.32. The lowest BCUT2D eigenvalue weighted by atomic mass is 10.1. The lowest BCUT2D eigenvalue weighted by molar-refractivity contribution is 0.0463. The van der Waals surface area contributed by atoms with Gasteiger partial charge in [0.15, 0.2) is 0 Å². The molecule has 1 atom stereocenters. The maximum Gasteiger partial charge on any atom is 0.272 e. The molecule has 2 aromatic rings. The molecule has 1 fully saturated rings. The first-order chi connectivity index (χ1) is 12.0. The molecule has 0 bridgehead atoms. The van der Waals surface area contributed by atoms with Gasteiger partial charge in [-0.3, -0.25) is 19.4 Å². The molecule has 25 heavy (non-hydrogen) atoms. The summed E-state index contributed by atoms with van der Waals surface area (Å²) in [5.41, 5.74) is 2.71. The molecule has 3 heterocycles. The van der Waals surface area contributed by atoms with E-state index in [2.05, 4.69) is 35.8 Å². The van der Waals surface area contributed by atoms with Crippen molar-refractivity contribution >= 4 is 5.91 Å². The van der Waals surface area contributed by atoms with Crippen LogP contribution in [0.25, 0.3) is 0 Å². The quantitative estimate of drug-likeness (QED) is 0.856. The maximum atomic E-state index is 13.0. The van der Waals surface area contributed by atoms with Crippen molar-refractivity contribution in [2.45, 2.75) is 39.3 Å². The molecule has 0 N–H and O–H groups in total. The Morgan fingerprint density at radius 2 is 2.12 bits per heavy atom. The van der Waals surface area contributed by atoms with Crippen LogP contribution in [0.2, 0.25) is 0 Å². The van der Waals surface area contributed by atoms with E-state index in [9.17, 15) is 4.79 Å². The van der Waals surface area contributed by atoms with E-state index in [0.29, 0.717) is 11.6 Å². The van der Waals surface area contributed by atoms with Gasteiger partial charge in [0.25, 0.3) is 5.91 Å². The van der Waals surface area contributed by atoms with Gasteiger partial charge in [-0.1, -0.05) is 19.9 Å². The van der Waals surface area contributed by atoms with Gasteiger partial charge in [0.05, 0.1) is 11.4 Å². The first kappa shape index (κ1) is 17.6. The van der Waals surface area contributed by atoms with Gasteiger partial charge in [-0.15, -0.1) is 0 Å². The fourth-order valence-corrected chi connectivity index (χ4v) is 3.32. The van der Waals surface area contributed by atoms with Crippen LogP contribution in [0.15, 0.2) is 30.5 Å². The number of hydrogen-bond donors (Lipinski definition) is 0. The van der Waals surface area contributed by atoms with Gasteiger partial charge < -0.3 is 4.90 Å². The van der Waals surface area contributed by atoms with Crippen LogP contribution in [0, 0.1) is 0 Å². The van der Waals surface area contributed by atoms with Crippen molar-refractivity contribution in [3.63, 3.8) is 0 Å². The number of nitrogens with zero attached hydrogens (tertiary/aromatic N) is 5. The fraction of sp³-hybridized carbons (Fsp3) is 0.526. The van der Waals surface area contributed by atoms with Crippen molar-refractivity contribution in [2.24, 2.45) is 7.05 Å². The van der Waals surface area contributed by atoms with E-state index >= 15 is 0 Å². The molecule has 0 aliphatic carbocycles. The molecule has 2 aromatic heterocycles. The summed E-state index contributed by atoms with van der Waals surface area (Å²) in [6.07, 6.45) is 1.83. The largest absolute Gasteiger partial charge is 0.332 e. The Kier molecular flexibility index (Phi) is 5.18. The Labute approximate surface area is 149 Å². The number of piperazine rings is 1. The lowest BCUT2D eigenvalue weighted by Gasteiger charge is -2.39. The Morgan fingerprint density at radius 3 is 2.72 bits per heavy atom. The molecule has 134 valence electrons. The van der Waals surface area contributed by atoms with E-state index in [0.717, 1.165) is 37.6 Å². The minimum atomic E-state index is 0.0758. The first-order valence-electron chi connectivity index (χ1n) is 8.93. The molecule has 0 radical (unpaired) electrons. The Morgan fingerprint density at radius 1 is 1.32 bits per heavy atom. The van der Waals surface area contributed by atoms with E-state index in [-0.39, 0.29) is 11.9 Å². The molecular formula is C19H27N5O. The number of hydrogen-bond acceptors (Lipinski definition) is 4. The van der Waals surface area contributed by atoms with Crippen molar-refractivity contribution in [3.05, 3.63) is 47.5 Å². The standard InChI is InChI=1S/C19H27N5O/c1-14(2)17-11-18(22(4)21-17)19(25)24-10-9-23(12-15(24)3)13-16-7-5-6-8-20-16/h5-8,11,14-15H,9-10,12-13H2,1-4H3/t15-/m0/s1. The average molecular weight is 341 g/mol. The minimum Gasteiger partial charge on any atom is -0.332 e. The maximum absolute atomic E-state index is 13.0. The van der Waals surface area contributed by atoms with Crippen LogP contribution in [0.5, 0.6) is 0 Å². The van der Waals surface area contributed by atoms with Gasteiger partial charge in [0.2, 0.25) is 0 Å². The molecule has 1 aliphatic heterocycles. The second-order valence-corrected chi connectivity index (χ2v) is 7.14. The van der Waals surface area contributed by atoms with Crippen LogP contribution in [-0.2, 0) is 13.6 Å². The van der Waals surface area contributed by atoms with Gasteiger partial charge in [0.1, 0.15) is 5.69 Å².